The van der Waals surface area contributed by atoms with Crippen LogP contribution in [0.4, 0.5) is 0 Å². The average Bonchev–Trinajstić information content (AvgIpc) is 2.70. The zero-order chi connectivity index (χ0) is 15.3. The molecule has 1 amide bonds. The summed E-state index contributed by atoms with van der Waals surface area (Å²) in [5.41, 5.74) is -0.171. The van der Waals surface area contributed by atoms with E-state index in [-0.39, 0.29) is 28.0 Å². The number of carbonyl (C=O) groups is 1. The molecule has 1 heterocycles. The van der Waals surface area contributed by atoms with Crippen LogP contribution in [0.25, 0.3) is 0 Å². The maximum Gasteiger partial charge on any atom is 0.268 e. The number of nitrogens with one attached hydrogen (secondary N) is 1. The lowest BCUT2D eigenvalue weighted by molar-refractivity contribution is -0.0690. The van der Waals surface area contributed by atoms with Crippen molar-refractivity contribution in [2.75, 3.05) is 0 Å². The molecular formula is C12H19N3O4S. The van der Waals surface area contributed by atoms with Crippen LogP contribution in [0, 0.1) is 5.41 Å². The van der Waals surface area contributed by atoms with Crippen LogP contribution in [0.15, 0.2) is 17.2 Å². The van der Waals surface area contributed by atoms with E-state index in [4.69, 9.17) is 5.14 Å². The number of nitrogens with zero attached hydrogens (tertiary/aromatic N) is 1. The summed E-state index contributed by atoms with van der Waals surface area (Å²) >= 11 is 0. The molecule has 8 heteroatoms. The first-order chi connectivity index (χ1) is 9.03. The molecule has 2 rings (SSSR count). The molecule has 1 aliphatic carbocycles. The van der Waals surface area contributed by atoms with Crippen molar-refractivity contribution in [1.82, 2.24) is 9.88 Å². The second kappa shape index (κ2) is 4.57. The molecule has 0 bridgehead atoms. The van der Waals surface area contributed by atoms with Crippen LogP contribution in [0.1, 0.15) is 30.8 Å². The number of aliphatic hydroxyl groups is 1. The molecule has 112 valence electrons. The van der Waals surface area contributed by atoms with Gasteiger partial charge in [-0.15, -0.1) is 0 Å². The van der Waals surface area contributed by atoms with E-state index in [2.05, 4.69) is 5.32 Å². The van der Waals surface area contributed by atoms with Gasteiger partial charge in [0.1, 0.15) is 10.6 Å². The van der Waals surface area contributed by atoms with Crippen LogP contribution in [0.2, 0.25) is 0 Å². The lowest BCUT2D eigenvalue weighted by atomic mass is 9.64. The lowest BCUT2D eigenvalue weighted by Gasteiger charge is -2.49. The lowest BCUT2D eigenvalue weighted by Crippen LogP contribution is -2.61. The number of aryl methyl sites for hydroxylation is 1. The molecule has 0 radical (unpaired) electrons. The summed E-state index contributed by atoms with van der Waals surface area (Å²) in [6.07, 6.45) is 1.34. The summed E-state index contributed by atoms with van der Waals surface area (Å²) in [6, 6.07) is 1.10. The Hall–Kier alpha value is -1.38. The van der Waals surface area contributed by atoms with Gasteiger partial charge in [0.2, 0.25) is 10.0 Å². The Labute approximate surface area is 117 Å². The van der Waals surface area contributed by atoms with Gasteiger partial charge >= 0.3 is 0 Å². The fraction of sp³-hybridized carbons (Fsp3) is 0.583. The van der Waals surface area contributed by atoms with Gasteiger partial charge in [0.05, 0.1) is 6.10 Å². The fourth-order valence-corrected chi connectivity index (χ4v) is 2.88. The highest BCUT2D eigenvalue weighted by Gasteiger charge is 2.48. The van der Waals surface area contributed by atoms with Crippen molar-refractivity contribution in [3.63, 3.8) is 0 Å². The van der Waals surface area contributed by atoms with E-state index < -0.39 is 16.1 Å². The van der Waals surface area contributed by atoms with Gasteiger partial charge in [-0.3, -0.25) is 4.79 Å². The van der Waals surface area contributed by atoms with E-state index in [1.165, 1.54) is 16.8 Å². The Morgan fingerprint density at radius 3 is 2.55 bits per heavy atom. The first-order valence-corrected chi connectivity index (χ1v) is 7.76. The van der Waals surface area contributed by atoms with Gasteiger partial charge < -0.3 is 15.0 Å². The molecule has 2 atom stereocenters. The molecule has 0 spiro atoms. The first kappa shape index (κ1) is 15.0. The Morgan fingerprint density at radius 2 is 2.15 bits per heavy atom. The molecule has 7 nitrogen and oxygen atoms in total. The SMILES string of the molecule is Cn1cc(S(N)(=O)=O)cc1C(=O)NC1CC(O)C1(C)C. The van der Waals surface area contributed by atoms with Crippen molar-refractivity contribution < 1.29 is 18.3 Å². The average molecular weight is 301 g/mol. The highest BCUT2D eigenvalue weighted by atomic mass is 32.2. The van der Waals surface area contributed by atoms with Crippen molar-refractivity contribution in [3.05, 3.63) is 18.0 Å². The molecule has 0 aliphatic heterocycles. The molecule has 0 saturated heterocycles. The van der Waals surface area contributed by atoms with Crippen LogP contribution < -0.4 is 10.5 Å². The smallest absolute Gasteiger partial charge is 0.268 e. The number of rotatable bonds is 3. The van der Waals surface area contributed by atoms with E-state index in [0.717, 1.165) is 0 Å². The number of hydrogen-bond acceptors (Lipinski definition) is 4. The van der Waals surface area contributed by atoms with Crippen molar-refractivity contribution in [3.8, 4) is 0 Å². The van der Waals surface area contributed by atoms with Crippen molar-refractivity contribution in [1.29, 1.82) is 0 Å². The zero-order valence-electron chi connectivity index (χ0n) is 11.6. The van der Waals surface area contributed by atoms with Gasteiger partial charge in [-0.25, -0.2) is 13.6 Å². The number of hydrogen-bond donors (Lipinski definition) is 3. The Kier molecular flexibility index (Phi) is 3.43. The zero-order valence-corrected chi connectivity index (χ0v) is 12.4. The third-order valence-electron chi connectivity index (χ3n) is 4.06. The highest BCUT2D eigenvalue weighted by Crippen LogP contribution is 2.40. The van der Waals surface area contributed by atoms with E-state index in [0.29, 0.717) is 6.42 Å². The largest absolute Gasteiger partial charge is 0.392 e. The third kappa shape index (κ3) is 2.46. The van der Waals surface area contributed by atoms with Gasteiger partial charge in [0.25, 0.3) is 5.91 Å². The minimum Gasteiger partial charge on any atom is -0.392 e. The predicted molar refractivity (Wildman–Crippen MR) is 72.4 cm³/mol. The van der Waals surface area contributed by atoms with Crippen molar-refractivity contribution in [2.24, 2.45) is 17.6 Å². The number of aliphatic hydroxyl groups excluding tert-OH is 1. The van der Waals surface area contributed by atoms with Crippen LogP contribution in [0.5, 0.6) is 0 Å². The van der Waals surface area contributed by atoms with E-state index in [1.54, 1.807) is 7.05 Å². The summed E-state index contributed by atoms with van der Waals surface area (Å²) in [7, 11) is -2.26. The number of aromatic nitrogens is 1. The van der Waals surface area contributed by atoms with Gasteiger partial charge in [-0.1, -0.05) is 13.8 Å². The number of amides is 1. The Bertz CT molecular complexity index is 648. The van der Waals surface area contributed by atoms with Gasteiger partial charge in [0.15, 0.2) is 0 Å². The summed E-state index contributed by atoms with van der Waals surface area (Å²) < 4.78 is 23.9. The molecule has 1 fully saturated rings. The second-order valence-corrected chi connectivity index (χ2v) is 7.38. The molecule has 1 saturated carbocycles. The minimum atomic E-state index is -3.83. The van der Waals surface area contributed by atoms with Crippen LogP contribution in [-0.4, -0.2) is 36.1 Å². The predicted octanol–water partition coefficient (Wildman–Crippen LogP) is -0.438. The number of primary sulfonamides is 1. The normalized spacial score (nSPS) is 25.1. The molecule has 1 aliphatic rings. The quantitative estimate of drug-likeness (QED) is 0.702. The summed E-state index contributed by atoms with van der Waals surface area (Å²) in [6.45, 7) is 3.74. The Morgan fingerprint density at radius 1 is 1.55 bits per heavy atom. The van der Waals surface area contributed by atoms with Crippen molar-refractivity contribution in [2.45, 2.75) is 37.3 Å². The van der Waals surface area contributed by atoms with Crippen LogP contribution in [-0.2, 0) is 17.1 Å². The van der Waals surface area contributed by atoms with Gasteiger partial charge in [-0.2, -0.15) is 0 Å². The molecule has 0 aromatic carbocycles. The fourth-order valence-electron chi connectivity index (χ4n) is 2.30. The standard InChI is InChI=1S/C12H19N3O4S/c1-12(2)9(5-10(12)16)14-11(17)8-4-7(6-15(8)3)20(13,18)19/h4,6,9-10,16H,5H2,1-3H3,(H,14,17)(H2,13,18,19). The monoisotopic (exact) mass is 301 g/mol. The molecule has 1 aromatic rings. The van der Waals surface area contributed by atoms with Gasteiger partial charge in [-0.05, 0) is 12.5 Å². The highest BCUT2D eigenvalue weighted by molar-refractivity contribution is 7.89. The van der Waals surface area contributed by atoms with E-state index in [1.807, 2.05) is 13.8 Å². The van der Waals surface area contributed by atoms with Crippen LogP contribution >= 0.6 is 0 Å². The number of carbonyl (C=O) groups excluding carboxylic acids is 1. The van der Waals surface area contributed by atoms with Crippen LogP contribution in [0.3, 0.4) is 0 Å². The third-order valence-corrected chi connectivity index (χ3v) is 4.94. The molecule has 1 aromatic heterocycles. The Balaban J connectivity index is 2.17. The molecular weight excluding hydrogens is 282 g/mol. The number of nitrogens with two attached hydrogens (primary N) is 1. The number of sulfonamides is 1. The summed E-state index contributed by atoms with van der Waals surface area (Å²) in [5, 5.41) is 17.5. The van der Waals surface area contributed by atoms with Gasteiger partial charge in [0, 0.05) is 24.7 Å². The maximum atomic E-state index is 12.2. The summed E-state index contributed by atoms with van der Waals surface area (Å²) in [4.78, 5) is 12.1. The molecule has 4 N–H and O–H groups in total. The topological polar surface area (TPSA) is 114 Å². The second-order valence-electron chi connectivity index (χ2n) is 5.82. The molecule has 2 unspecified atom stereocenters. The molecule has 20 heavy (non-hydrogen) atoms. The van der Waals surface area contributed by atoms with Crippen molar-refractivity contribution >= 4 is 15.9 Å². The van der Waals surface area contributed by atoms with E-state index in [9.17, 15) is 18.3 Å². The maximum absolute atomic E-state index is 12.2. The van der Waals surface area contributed by atoms with E-state index >= 15 is 0 Å². The summed E-state index contributed by atoms with van der Waals surface area (Å²) in [5.74, 6) is -0.382. The first-order valence-electron chi connectivity index (χ1n) is 6.21. The minimum absolute atomic E-state index is 0.0990.